The van der Waals surface area contributed by atoms with E-state index >= 15 is 0 Å². The molecule has 1 saturated heterocycles. The van der Waals surface area contributed by atoms with E-state index in [4.69, 9.17) is 5.73 Å². The third-order valence-electron chi connectivity index (χ3n) is 3.26. The van der Waals surface area contributed by atoms with Gasteiger partial charge in [0, 0.05) is 6.54 Å². The van der Waals surface area contributed by atoms with E-state index in [0.29, 0.717) is 0 Å². The molecule has 0 aliphatic carbocycles. The standard InChI is InChI=1S/C11H20N4/c1-9-11(12)10(2)15(13-9)8-7-14-5-3-4-6-14/h3-8,12H2,1-2H3. The SMILES string of the molecule is Cc1nn(CCN2CCCC2)c(C)c1N. The lowest BCUT2D eigenvalue weighted by atomic mass is 10.3. The lowest BCUT2D eigenvalue weighted by Gasteiger charge is -2.14. The highest BCUT2D eigenvalue weighted by Crippen LogP contribution is 2.15. The van der Waals surface area contributed by atoms with Gasteiger partial charge >= 0.3 is 0 Å². The first-order valence-electron chi connectivity index (χ1n) is 5.70. The summed E-state index contributed by atoms with van der Waals surface area (Å²) in [6, 6.07) is 0. The van der Waals surface area contributed by atoms with Crippen molar-refractivity contribution in [2.75, 3.05) is 25.4 Å². The van der Waals surface area contributed by atoms with Crippen LogP contribution < -0.4 is 5.73 Å². The Balaban J connectivity index is 1.95. The molecule has 1 aliphatic heterocycles. The summed E-state index contributed by atoms with van der Waals surface area (Å²) in [5.41, 5.74) is 8.79. The lowest BCUT2D eigenvalue weighted by Crippen LogP contribution is -2.24. The Morgan fingerprint density at radius 3 is 2.40 bits per heavy atom. The van der Waals surface area contributed by atoms with Crippen molar-refractivity contribution in [1.82, 2.24) is 14.7 Å². The van der Waals surface area contributed by atoms with Gasteiger partial charge in [0.2, 0.25) is 0 Å². The third kappa shape index (κ3) is 2.15. The molecule has 15 heavy (non-hydrogen) atoms. The van der Waals surface area contributed by atoms with Crippen LogP contribution in [0, 0.1) is 13.8 Å². The fraction of sp³-hybridized carbons (Fsp3) is 0.727. The molecule has 0 unspecified atom stereocenters. The minimum Gasteiger partial charge on any atom is -0.396 e. The van der Waals surface area contributed by atoms with Gasteiger partial charge in [-0.1, -0.05) is 0 Å². The highest BCUT2D eigenvalue weighted by molar-refractivity contribution is 5.46. The molecule has 2 N–H and O–H groups in total. The lowest BCUT2D eigenvalue weighted by molar-refractivity contribution is 0.314. The summed E-state index contributed by atoms with van der Waals surface area (Å²) >= 11 is 0. The van der Waals surface area contributed by atoms with E-state index in [-0.39, 0.29) is 0 Å². The molecule has 4 nitrogen and oxygen atoms in total. The van der Waals surface area contributed by atoms with Gasteiger partial charge in [-0.05, 0) is 39.8 Å². The van der Waals surface area contributed by atoms with Crippen molar-refractivity contribution in [2.24, 2.45) is 0 Å². The maximum atomic E-state index is 5.89. The number of hydrogen-bond donors (Lipinski definition) is 1. The predicted molar refractivity (Wildman–Crippen MR) is 61.8 cm³/mol. The molecule has 0 saturated carbocycles. The molecular formula is C11H20N4. The van der Waals surface area contributed by atoms with Gasteiger partial charge in [-0.15, -0.1) is 0 Å². The van der Waals surface area contributed by atoms with Gasteiger partial charge in [-0.3, -0.25) is 4.68 Å². The van der Waals surface area contributed by atoms with Crippen LogP contribution >= 0.6 is 0 Å². The quantitative estimate of drug-likeness (QED) is 0.811. The summed E-state index contributed by atoms with van der Waals surface area (Å²) in [6.07, 6.45) is 2.69. The van der Waals surface area contributed by atoms with Crippen LogP contribution in [-0.4, -0.2) is 34.3 Å². The van der Waals surface area contributed by atoms with Crippen LogP contribution in [0.5, 0.6) is 0 Å². The van der Waals surface area contributed by atoms with Crippen LogP contribution in [0.1, 0.15) is 24.2 Å². The maximum Gasteiger partial charge on any atom is 0.0825 e. The van der Waals surface area contributed by atoms with Crippen molar-refractivity contribution in [3.05, 3.63) is 11.4 Å². The number of nitrogens with zero attached hydrogens (tertiary/aromatic N) is 3. The van der Waals surface area contributed by atoms with Gasteiger partial charge in [0.05, 0.1) is 23.6 Å². The first-order chi connectivity index (χ1) is 7.18. The fourth-order valence-electron chi connectivity index (χ4n) is 2.17. The minimum absolute atomic E-state index is 0.844. The van der Waals surface area contributed by atoms with Crippen molar-refractivity contribution in [1.29, 1.82) is 0 Å². The van der Waals surface area contributed by atoms with Crippen molar-refractivity contribution >= 4 is 5.69 Å². The van der Waals surface area contributed by atoms with Gasteiger partial charge in [-0.25, -0.2) is 0 Å². The molecule has 4 heteroatoms. The molecule has 0 spiro atoms. The fourth-order valence-corrected chi connectivity index (χ4v) is 2.17. The number of aromatic nitrogens is 2. The summed E-state index contributed by atoms with van der Waals surface area (Å²) in [6.45, 7) is 8.56. The molecule has 0 bridgehead atoms. The summed E-state index contributed by atoms with van der Waals surface area (Å²) < 4.78 is 2.03. The van der Waals surface area contributed by atoms with Gasteiger partial charge in [0.1, 0.15) is 0 Å². The van der Waals surface area contributed by atoms with E-state index in [9.17, 15) is 0 Å². The molecule has 0 atom stereocenters. The highest BCUT2D eigenvalue weighted by atomic mass is 15.3. The summed E-state index contributed by atoms with van der Waals surface area (Å²) in [5, 5.41) is 4.44. The zero-order valence-electron chi connectivity index (χ0n) is 9.66. The largest absolute Gasteiger partial charge is 0.396 e. The smallest absolute Gasteiger partial charge is 0.0825 e. The van der Waals surface area contributed by atoms with Crippen LogP contribution in [-0.2, 0) is 6.54 Å². The van der Waals surface area contributed by atoms with E-state index in [0.717, 1.165) is 30.2 Å². The van der Waals surface area contributed by atoms with Gasteiger partial charge in [-0.2, -0.15) is 5.10 Å². The molecule has 1 aromatic rings. The highest BCUT2D eigenvalue weighted by Gasteiger charge is 2.13. The zero-order chi connectivity index (χ0) is 10.8. The van der Waals surface area contributed by atoms with Gasteiger partial charge in [0.25, 0.3) is 0 Å². The number of likely N-dealkylation sites (tertiary alicyclic amines) is 1. The molecule has 0 aromatic carbocycles. The molecule has 2 rings (SSSR count). The first-order valence-corrected chi connectivity index (χ1v) is 5.70. The van der Waals surface area contributed by atoms with Crippen LogP contribution in [0.4, 0.5) is 5.69 Å². The molecule has 2 heterocycles. The summed E-state index contributed by atoms with van der Waals surface area (Å²) in [4.78, 5) is 2.49. The third-order valence-corrected chi connectivity index (χ3v) is 3.26. The Morgan fingerprint density at radius 2 is 1.87 bits per heavy atom. The topological polar surface area (TPSA) is 47.1 Å². The minimum atomic E-state index is 0.844. The number of hydrogen-bond acceptors (Lipinski definition) is 3. The number of rotatable bonds is 3. The van der Waals surface area contributed by atoms with Crippen molar-refractivity contribution in [3.8, 4) is 0 Å². The molecule has 1 aromatic heterocycles. The second kappa shape index (κ2) is 4.23. The van der Waals surface area contributed by atoms with Gasteiger partial charge < -0.3 is 10.6 Å². The zero-order valence-corrected chi connectivity index (χ0v) is 9.66. The molecule has 1 fully saturated rings. The van der Waals surface area contributed by atoms with E-state index in [2.05, 4.69) is 10.00 Å². The Labute approximate surface area is 91.1 Å². The average Bonchev–Trinajstić information content (AvgIpc) is 2.80. The maximum absolute atomic E-state index is 5.89. The Kier molecular flexibility index (Phi) is 2.95. The van der Waals surface area contributed by atoms with Crippen LogP contribution in [0.15, 0.2) is 0 Å². The number of anilines is 1. The second-order valence-corrected chi connectivity index (χ2v) is 4.36. The van der Waals surface area contributed by atoms with E-state index < -0.39 is 0 Å². The van der Waals surface area contributed by atoms with Crippen LogP contribution in [0.3, 0.4) is 0 Å². The molecule has 0 amide bonds. The predicted octanol–water partition coefficient (Wildman–Crippen LogP) is 1.18. The molecule has 1 aliphatic rings. The number of nitrogens with two attached hydrogens (primary N) is 1. The summed E-state index contributed by atoms with van der Waals surface area (Å²) in [5.74, 6) is 0. The van der Waals surface area contributed by atoms with Crippen LogP contribution in [0.25, 0.3) is 0 Å². The number of nitrogen functional groups attached to an aromatic ring is 1. The van der Waals surface area contributed by atoms with Gasteiger partial charge in [0.15, 0.2) is 0 Å². The Morgan fingerprint density at radius 1 is 1.20 bits per heavy atom. The molecule has 84 valence electrons. The van der Waals surface area contributed by atoms with Crippen molar-refractivity contribution in [3.63, 3.8) is 0 Å². The monoisotopic (exact) mass is 208 g/mol. The normalized spacial score (nSPS) is 17.5. The van der Waals surface area contributed by atoms with E-state index in [1.165, 1.54) is 25.9 Å². The van der Waals surface area contributed by atoms with Crippen LogP contribution in [0.2, 0.25) is 0 Å². The summed E-state index contributed by atoms with van der Waals surface area (Å²) in [7, 11) is 0. The Bertz CT molecular complexity index is 337. The molecule has 0 radical (unpaired) electrons. The second-order valence-electron chi connectivity index (χ2n) is 4.36. The van der Waals surface area contributed by atoms with E-state index in [1.807, 2.05) is 18.5 Å². The van der Waals surface area contributed by atoms with Crippen molar-refractivity contribution in [2.45, 2.75) is 33.2 Å². The number of aryl methyl sites for hydroxylation is 1. The Hall–Kier alpha value is -1.03. The molecular weight excluding hydrogens is 188 g/mol. The average molecular weight is 208 g/mol. The first kappa shape index (κ1) is 10.5. The van der Waals surface area contributed by atoms with Crippen molar-refractivity contribution < 1.29 is 0 Å². The van der Waals surface area contributed by atoms with E-state index in [1.54, 1.807) is 0 Å².